The van der Waals surface area contributed by atoms with E-state index in [4.69, 9.17) is 14.5 Å². The lowest BCUT2D eigenvalue weighted by Crippen LogP contribution is -2.40. The normalized spacial score (nSPS) is 16.5. The van der Waals surface area contributed by atoms with E-state index in [9.17, 15) is 29.1 Å². The van der Waals surface area contributed by atoms with Gasteiger partial charge >= 0.3 is 5.97 Å². The molecule has 71 heavy (non-hydrogen) atoms. The first-order valence-electron chi connectivity index (χ1n) is 23.9. The molecule has 2 saturated heterocycles. The van der Waals surface area contributed by atoms with Crippen molar-refractivity contribution < 1.29 is 38.6 Å². The summed E-state index contributed by atoms with van der Waals surface area (Å²) in [5, 5.41) is 24.8. The fourth-order valence-corrected chi connectivity index (χ4v) is 10.8. The minimum absolute atomic E-state index is 0.0727. The van der Waals surface area contributed by atoms with Crippen molar-refractivity contribution in [3.8, 4) is 16.9 Å². The third-order valence-corrected chi connectivity index (χ3v) is 14.6. The Hall–Kier alpha value is -7.54. The predicted molar refractivity (Wildman–Crippen MR) is 270 cm³/mol. The van der Waals surface area contributed by atoms with Crippen LogP contribution in [0.3, 0.4) is 0 Å². The number of imide groups is 1. The number of hydrogen-bond donors (Lipinski definition) is 4. The van der Waals surface area contributed by atoms with E-state index < -0.39 is 11.9 Å². The predicted octanol–water partition coefficient (Wildman–Crippen LogP) is 7.33. The van der Waals surface area contributed by atoms with Crippen molar-refractivity contribution in [2.24, 2.45) is 13.0 Å². The first-order valence-corrected chi connectivity index (χ1v) is 24.7. The monoisotopic (exact) mass is 975 g/mol. The van der Waals surface area contributed by atoms with E-state index in [1.165, 1.54) is 11.3 Å². The number of carboxylic acid groups (broad SMARTS) is 1. The molecule has 0 spiro atoms. The Morgan fingerprint density at radius 3 is 2.52 bits per heavy atom. The highest BCUT2D eigenvalue weighted by molar-refractivity contribution is 7.22. The molecule has 1 unspecified atom stereocenters. The van der Waals surface area contributed by atoms with Gasteiger partial charge in [0.05, 0.1) is 40.5 Å². The quantitative estimate of drug-likeness (QED) is 0.0587. The molecule has 4 N–H and O–H groups in total. The molecule has 0 aliphatic carbocycles. The number of fused-ring (bicyclic) bond motifs is 3. The van der Waals surface area contributed by atoms with Gasteiger partial charge in [-0.05, 0) is 128 Å². The average molecular weight is 976 g/mol. The van der Waals surface area contributed by atoms with Crippen LogP contribution < -0.4 is 25.6 Å². The smallest absolute Gasteiger partial charge is 0.355 e. The van der Waals surface area contributed by atoms with Crippen molar-refractivity contribution in [3.63, 3.8) is 0 Å². The second-order valence-electron chi connectivity index (χ2n) is 18.3. The molecule has 2 fully saturated rings. The number of para-hydroxylation sites is 1. The molecule has 3 aromatic heterocycles. The van der Waals surface area contributed by atoms with Gasteiger partial charge in [0.1, 0.15) is 18.2 Å². The zero-order valence-electron chi connectivity index (χ0n) is 39.4. The number of carboxylic acids is 1. The topological polar surface area (TPSA) is 210 Å². The van der Waals surface area contributed by atoms with E-state index in [-0.39, 0.29) is 42.3 Å². The molecule has 3 aliphatic heterocycles. The SMILES string of the molecule is Cc1c(OCCOCC2CCN(CC(=O)Nc3ccc4c(C5CCC(=O)NC5=O)nn(C)c4c3)CC2)cccc1-c1ccc(N2CCc3cccc(C(=O)Nc4nc5ccccc5s4)c3C2)nc1C(=O)O. The van der Waals surface area contributed by atoms with Crippen molar-refractivity contribution >= 4 is 78.7 Å². The number of aryl methyl sites for hydroxylation is 1. The molecule has 0 bridgehead atoms. The molecule has 7 aromatic rings. The van der Waals surface area contributed by atoms with Crippen LogP contribution in [-0.2, 0) is 39.1 Å². The Labute approximate surface area is 413 Å². The van der Waals surface area contributed by atoms with Crippen LogP contribution in [0.2, 0.25) is 0 Å². The number of hydrogen-bond acceptors (Lipinski definition) is 13. The zero-order chi connectivity index (χ0) is 49.2. The van der Waals surface area contributed by atoms with Gasteiger partial charge in [0.15, 0.2) is 10.8 Å². The van der Waals surface area contributed by atoms with Crippen LogP contribution in [0.25, 0.3) is 32.2 Å². The Balaban J connectivity index is 0.692. The molecular formula is C53H53N9O8S. The lowest BCUT2D eigenvalue weighted by atomic mass is 9.93. The van der Waals surface area contributed by atoms with Crippen LogP contribution in [0, 0.1) is 12.8 Å². The maximum absolute atomic E-state index is 13.6. The first-order chi connectivity index (χ1) is 34.4. The molecule has 18 heteroatoms. The number of amides is 4. The number of rotatable bonds is 15. The molecule has 17 nitrogen and oxygen atoms in total. The lowest BCUT2D eigenvalue weighted by molar-refractivity contribution is -0.134. The van der Waals surface area contributed by atoms with Gasteiger partial charge in [0.2, 0.25) is 17.7 Å². The molecule has 0 radical (unpaired) electrons. The Morgan fingerprint density at radius 2 is 1.70 bits per heavy atom. The number of carbonyl (C=O) groups is 5. The number of benzene rings is 4. The molecule has 4 aromatic carbocycles. The van der Waals surface area contributed by atoms with Crippen LogP contribution in [0.15, 0.2) is 91.0 Å². The standard InChI is InChI=1S/C53H53N9O8S/c1-31-35(36-15-17-45(56-49(36)52(67)68)62-24-21-33-7-5-9-37(40(33)28-62)50(65)58-53-55-41-10-3-4-12-44(41)71-53)8-6-11-43(31)70-26-25-69-30-32-19-22-61(23-20-32)29-47(64)54-34-13-14-38-42(27-34)60(2)59-48(38)39-16-18-46(63)57-51(39)66/h3-15,17,27,32,39H,16,18-26,28-30H2,1-2H3,(H,54,64)(H,67,68)(H,55,58,65)(H,57,63,66). The summed E-state index contributed by atoms with van der Waals surface area (Å²) in [5.74, 6) is -1.12. The van der Waals surface area contributed by atoms with Gasteiger partial charge in [-0.3, -0.25) is 39.4 Å². The van der Waals surface area contributed by atoms with Gasteiger partial charge in [0.25, 0.3) is 5.91 Å². The first kappa shape index (κ1) is 47.2. The fraction of sp³-hybridized carbons (Fsp3) is 0.321. The molecule has 4 amide bonds. The Kier molecular flexibility index (Phi) is 13.6. The van der Waals surface area contributed by atoms with Gasteiger partial charge < -0.3 is 24.8 Å². The maximum Gasteiger partial charge on any atom is 0.355 e. The van der Waals surface area contributed by atoms with E-state index in [1.54, 1.807) is 17.8 Å². The number of likely N-dealkylation sites (tertiary alicyclic amines) is 1. The van der Waals surface area contributed by atoms with Crippen molar-refractivity contribution in [1.29, 1.82) is 0 Å². The highest BCUT2D eigenvalue weighted by atomic mass is 32.1. The minimum Gasteiger partial charge on any atom is -0.491 e. The van der Waals surface area contributed by atoms with Gasteiger partial charge in [0, 0.05) is 55.4 Å². The number of nitrogens with zero attached hydrogens (tertiary/aromatic N) is 6. The van der Waals surface area contributed by atoms with Crippen LogP contribution in [0.4, 0.5) is 16.6 Å². The number of thiazole rings is 1. The average Bonchev–Trinajstić information content (AvgIpc) is 3.93. The summed E-state index contributed by atoms with van der Waals surface area (Å²) in [6.07, 6.45) is 3.14. The number of pyridine rings is 1. The van der Waals surface area contributed by atoms with E-state index in [0.717, 1.165) is 63.7 Å². The van der Waals surface area contributed by atoms with E-state index in [2.05, 4.69) is 30.9 Å². The molecule has 6 heterocycles. The second kappa shape index (κ2) is 20.4. The maximum atomic E-state index is 13.6. The summed E-state index contributed by atoms with van der Waals surface area (Å²) >= 11 is 1.42. The minimum atomic E-state index is -1.15. The van der Waals surface area contributed by atoms with Crippen molar-refractivity contribution in [2.45, 2.75) is 51.5 Å². The Bertz CT molecular complexity index is 3180. The van der Waals surface area contributed by atoms with Crippen molar-refractivity contribution in [2.75, 3.05) is 61.5 Å². The molecule has 1 atom stereocenters. The molecule has 0 saturated carbocycles. The molecular weight excluding hydrogens is 923 g/mol. The summed E-state index contributed by atoms with van der Waals surface area (Å²) in [4.78, 5) is 77.1. The highest BCUT2D eigenvalue weighted by Crippen LogP contribution is 2.36. The number of aromatic carboxylic acids is 1. The molecule has 364 valence electrons. The van der Waals surface area contributed by atoms with Crippen LogP contribution in [0.1, 0.15) is 74.8 Å². The summed E-state index contributed by atoms with van der Waals surface area (Å²) in [6.45, 7) is 5.97. The van der Waals surface area contributed by atoms with Gasteiger partial charge in [-0.15, -0.1) is 0 Å². The van der Waals surface area contributed by atoms with E-state index >= 15 is 0 Å². The van der Waals surface area contributed by atoms with Crippen LogP contribution in [-0.4, -0.2) is 105 Å². The number of anilines is 3. The second-order valence-corrected chi connectivity index (χ2v) is 19.3. The number of carbonyl (C=O) groups excluding carboxylic acids is 4. The van der Waals surface area contributed by atoms with Crippen molar-refractivity contribution in [3.05, 3.63) is 125 Å². The van der Waals surface area contributed by atoms with Gasteiger partial charge in [-0.25, -0.2) is 14.8 Å². The van der Waals surface area contributed by atoms with Crippen LogP contribution in [0.5, 0.6) is 5.75 Å². The van der Waals surface area contributed by atoms with Crippen molar-refractivity contribution in [1.82, 2.24) is 30.0 Å². The Morgan fingerprint density at radius 1 is 0.873 bits per heavy atom. The third-order valence-electron chi connectivity index (χ3n) is 13.7. The number of ether oxygens (including phenoxy) is 2. The summed E-state index contributed by atoms with van der Waals surface area (Å²) in [6, 6.07) is 28.2. The largest absolute Gasteiger partial charge is 0.491 e. The highest BCUT2D eigenvalue weighted by Gasteiger charge is 2.32. The summed E-state index contributed by atoms with van der Waals surface area (Å²) < 4.78 is 14.9. The fourth-order valence-electron chi connectivity index (χ4n) is 9.90. The lowest BCUT2D eigenvalue weighted by Gasteiger charge is -2.31. The summed E-state index contributed by atoms with van der Waals surface area (Å²) in [5.41, 5.74) is 7.26. The molecule has 10 rings (SSSR count). The summed E-state index contributed by atoms with van der Waals surface area (Å²) in [7, 11) is 1.80. The zero-order valence-corrected chi connectivity index (χ0v) is 40.2. The number of piperidine rings is 2. The number of aromatic nitrogens is 4. The van der Waals surface area contributed by atoms with Gasteiger partial charge in [-0.1, -0.05) is 47.7 Å². The van der Waals surface area contributed by atoms with Gasteiger partial charge in [-0.2, -0.15) is 5.10 Å². The van der Waals surface area contributed by atoms with E-state index in [0.29, 0.717) is 96.4 Å². The molecule has 3 aliphatic rings. The number of nitrogens with one attached hydrogen (secondary N) is 3. The van der Waals surface area contributed by atoms with Crippen LogP contribution >= 0.6 is 11.3 Å². The third kappa shape index (κ3) is 10.2. The van der Waals surface area contributed by atoms with E-state index in [1.807, 2.05) is 96.8 Å².